The van der Waals surface area contributed by atoms with Crippen molar-refractivity contribution in [2.75, 3.05) is 18.9 Å². The molecule has 0 bridgehead atoms. The van der Waals surface area contributed by atoms with E-state index in [1.165, 1.54) is 13.0 Å². The van der Waals surface area contributed by atoms with Gasteiger partial charge in [-0.05, 0) is 13.1 Å². The number of aromatic hydroxyl groups is 1. The number of aliphatic hydroxyl groups is 1. The van der Waals surface area contributed by atoms with Crippen LogP contribution < -0.4 is 10.6 Å². The molecule has 0 aliphatic rings. The Balaban J connectivity index is 3.06. The number of para-hydroxylation sites is 1. The van der Waals surface area contributed by atoms with Gasteiger partial charge >= 0.3 is 0 Å². The lowest BCUT2D eigenvalue weighted by Gasteiger charge is -2.16. The number of likely N-dealkylation sites (N-methyl/N-ethyl adjacent to an activating group) is 1. The highest BCUT2D eigenvalue weighted by molar-refractivity contribution is 5.91. The predicted molar refractivity (Wildman–Crippen MR) is 61.3 cm³/mol. The topological polar surface area (TPSA) is 81.6 Å². The third kappa shape index (κ3) is 2.95. The Bertz CT molecular complexity index is 379. The molecule has 0 heterocycles. The van der Waals surface area contributed by atoms with E-state index in [1.807, 2.05) is 0 Å². The summed E-state index contributed by atoms with van der Waals surface area (Å²) < 4.78 is 0. The maximum atomic E-state index is 11.0. The van der Waals surface area contributed by atoms with Gasteiger partial charge in [0.1, 0.15) is 5.75 Å². The number of nitrogens with one attached hydrogen (secondary N) is 2. The van der Waals surface area contributed by atoms with Crippen molar-refractivity contribution in [3.05, 3.63) is 23.8 Å². The summed E-state index contributed by atoms with van der Waals surface area (Å²) in [5.74, 6) is -0.345. The van der Waals surface area contributed by atoms with Crippen molar-refractivity contribution >= 4 is 11.6 Å². The van der Waals surface area contributed by atoms with Crippen LogP contribution in [0.25, 0.3) is 0 Å². The van der Waals surface area contributed by atoms with Gasteiger partial charge < -0.3 is 20.8 Å². The molecule has 0 saturated heterocycles. The molecule has 1 atom stereocenters. The van der Waals surface area contributed by atoms with Crippen LogP contribution >= 0.6 is 0 Å². The molecular formula is C11H16N2O3. The number of amides is 1. The van der Waals surface area contributed by atoms with Gasteiger partial charge in [-0.1, -0.05) is 12.1 Å². The zero-order valence-electron chi connectivity index (χ0n) is 9.32. The molecule has 88 valence electrons. The molecule has 5 nitrogen and oxygen atoms in total. The number of phenols is 1. The molecule has 0 aliphatic carbocycles. The van der Waals surface area contributed by atoms with Crippen molar-refractivity contribution in [3.63, 3.8) is 0 Å². The molecule has 1 rings (SSSR count). The zero-order valence-corrected chi connectivity index (χ0v) is 9.32. The fourth-order valence-corrected chi connectivity index (χ4v) is 1.45. The average molecular weight is 224 g/mol. The number of rotatable bonds is 4. The van der Waals surface area contributed by atoms with Crippen LogP contribution in [0.1, 0.15) is 18.6 Å². The highest BCUT2D eigenvalue weighted by Gasteiger charge is 2.15. The third-order valence-corrected chi connectivity index (χ3v) is 2.13. The molecule has 1 aromatic rings. The van der Waals surface area contributed by atoms with E-state index in [4.69, 9.17) is 0 Å². The quantitative estimate of drug-likeness (QED) is 0.565. The smallest absolute Gasteiger partial charge is 0.221 e. The second-order valence-electron chi connectivity index (χ2n) is 3.50. The van der Waals surface area contributed by atoms with E-state index in [9.17, 15) is 15.0 Å². The molecular weight excluding hydrogens is 208 g/mol. The standard InChI is InChI=1S/C11H16N2O3/c1-7(14)13-11-8(10(16)6-12-2)4-3-5-9(11)15/h3-5,10,12,15-16H,6H2,1-2H3,(H,13,14). The number of hydrogen-bond acceptors (Lipinski definition) is 4. The van der Waals surface area contributed by atoms with Crippen LogP contribution in [-0.4, -0.2) is 29.7 Å². The molecule has 5 heteroatoms. The van der Waals surface area contributed by atoms with Gasteiger partial charge in [0, 0.05) is 19.0 Å². The maximum absolute atomic E-state index is 11.0. The second kappa shape index (κ2) is 5.48. The first-order valence-corrected chi connectivity index (χ1v) is 4.98. The Hall–Kier alpha value is -1.59. The average Bonchev–Trinajstić information content (AvgIpc) is 2.20. The largest absolute Gasteiger partial charge is 0.506 e. The van der Waals surface area contributed by atoms with Gasteiger partial charge in [-0.3, -0.25) is 4.79 Å². The second-order valence-corrected chi connectivity index (χ2v) is 3.50. The summed E-state index contributed by atoms with van der Waals surface area (Å²) in [6.07, 6.45) is -0.779. The number of carbonyl (C=O) groups excluding carboxylic acids is 1. The summed E-state index contributed by atoms with van der Waals surface area (Å²) in [5, 5.41) is 24.8. The van der Waals surface area contributed by atoms with Gasteiger partial charge in [-0.25, -0.2) is 0 Å². The summed E-state index contributed by atoms with van der Waals surface area (Å²) in [6, 6.07) is 4.74. The molecule has 0 aliphatic heterocycles. The number of hydrogen-bond donors (Lipinski definition) is 4. The zero-order chi connectivity index (χ0) is 12.1. The Labute approximate surface area is 94.1 Å². The van der Waals surface area contributed by atoms with Gasteiger partial charge in [0.2, 0.25) is 5.91 Å². The molecule has 1 aromatic carbocycles. The first-order chi connectivity index (χ1) is 7.56. The summed E-state index contributed by atoms with van der Waals surface area (Å²) in [6.45, 7) is 1.69. The Morgan fingerprint density at radius 1 is 1.50 bits per heavy atom. The molecule has 1 amide bonds. The van der Waals surface area contributed by atoms with Gasteiger partial charge in [-0.2, -0.15) is 0 Å². The van der Waals surface area contributed by atoms with E-state index < -0.39 is 6.10 Å². The summed E-state index contributed by atoms with van der Waals surface area (Å²) >= 11 is 0. The first kappa shape index (κ1) is 12.5. The molecule has 0 radical (unpaired) electrons. The van der Waals surface area contributed by atoms with Crippen molar-refractivity contribution in [2.45, 2.75) is 13.0 Å². The number of anilines is 1. The fraction of sp³-hybridized carbons (Fsp3) is 0.364. The van der Waals surface area contributed by atoms with Gasteiger partial charge in [0.05, 0.1) is 11.8 Å². The highest BCUT2D eigenvalue weighted by atomic mass is 16.3. The van der Waals surface area contributed by atoms with E-state index in [0.29, 0.717) is 12.1 Å². The molecule has 0 spiro atoms. The lowest BCUT2D eigenvalue weighted by molar-refractivity contribution is -0.114. The van der Waals surface area contributed by atoms with E-state index in [2.05, 4.69) is 10.6 Å². The lowest BCUT2D eigenvalue weighted by Crippen LogP contribution is -2.19. The van der Waals surface area contributed by atoms with Gasteiger partial charge in [0.15, 0.2) is 0 Å². The van der Waals surface area contributed by atoms with E-state index in [1.54, 1.807) is 19.2 Å². The lowest BCUT2D eigenvalue weighted by atomic mass is 10.1. The van der Waals surface area contributed by atoms with E-state index >= 15 is 0 Å². The number of benzene rings is 1. The van der Waals surface area contributed by atoms with Crippen LogP contribution in [-0.2, 0) is 4.79 Å². The molecule has 0 aromatic heterocycles. The number of carbonyl (C=O) groups is 1. The van der Waals surface area contributed by atoms with Crippen LogP contribution in [0.4, 0.5) is 5.69 Å². The highest BCUT2D eigenvalue weighted by Crippen LogP contribution is 2.31. The number of phenolic OH excluding ortho intramolecular Hbond substituents is 1. The summed E-state index contributed by atoms with van der Waals surface area (Å²) in [4.78, 5) is 11.0. The minimum absolute atomic E-state index is 0.0529. The van der Waals surface area contributed by atoms with Crippen molar-refractivity contribution in [1.29, 1.82) is 0 Å². The minimum Gasteiger partial charge on any atom is -0.506 e. The third-order valence-electron chi connectivity index (χ3n) is 2.13. The fourth-order valence-electron chi connectivity index (χ4n) is 1.45. The molecule has 16 heavy (non-hydrogen) atoms. The first-order valence-electron chi connectivity index (χ1n) is 4.98. The van der Waals surface area contributed by atoms with Gasteiger partial charge in [0.25, 0.3) is 0 Å². The van der Waals surface area contributed by atoms with Crippen molar-refractivity contribution in [2.24, 2.45) is 0 Å². The van der Waals surface area contributed by atoms with Crippen LogP contribution in [0.3, 0.4) is 0 Å². The number of aliphatic hydroxyl groups excluding tert-OH is 1. The molecule has 0 fully saturated rings. The van der Waals surface area contributed by atoms with Crippen LogP contribution in [0.5, 0.6) is 5.75 Å². The van der Waals surface area contributed by atoms with Crippen LogP contribution in [0.15, 0.2) is 18.2 Å². The molecule has 1 unspecified atom stereocenters. The Morgan fingerprint density at radius 3 is 2.75 bits per heavy atom. The maximum Gasteiger partial charge on any atom is 0.221 e. The van der Waals surface area contributed by atoms with Crippen LogP contribution in [0.2, 0.25) is 0 Å². The SMILES string of the molecule is CNCC(O)c1cccc(O)c1NC(C)=O. The van der Waals surface area contributed by atoms with Crippen LogP contribution in [0, 0.1) is 0 Å². The van der Waals surface area contributed by atoms with E-state index in [-0.39, 0.29) is 17.3 Å². The predicted octanol–water partition coefficient (Wildman–Crippen LogP) is 0.603. The summed E-state index contributed by atoms with van der Waals surface area (Å²) in [5.41, 5.74) is 0.752. The van der Waals surface area contributed by atoms with Crippen molar-refractivity contribution in [1.82, 2.24) is 5.32 Å². The Morgan fingerprint density at radius 2 is 2.19 bits per heavy atom. The van der Waals surface area contributed by atoms with Crippen molar-refractivity contribution < 1.29 is 15.0 Å². The normalized spacial score (nSPS) is 12.2. The molecule has 4 N–H and O–H groups in total. The monoisotopic (exact) mass is 224 g/mol. The van der Waals surface area contributed by atoms with E-state index in [0.717, 1.165) is 0 Å². The minimum atomic E-state index is -0.779. The van der Waals surface area contributed by atoms with Gasteiger partial charge in [-0.15, -0.1) is 0 Å². The summed E-state index contributed by atoms with van der Waals surface area (Å²) in [7, 11) is 1.71. The molecule has 0 saturated carbocycles. The Kier molecular flexibility index (Phi) is 4.28. The van der Waals surface area contributed by atoms with Crippen molar-refractivity contribution in [3.8, 4) is 5.75 Å².